The summed E-state index contributed by atoms with van der Waals surface area (Å²) in [7, 11) is -6.00. The van der Waals surface area contributed by atoms with Gasteiger partial charge < -0.3 is 20.0 Å². The third kappa shape index (κ3) is 5.97. The lowest BCUT2D eigenvalue weighted by Gasteiger charge is -2.40. The van der Waals surface area contributed by atoms with E-state index in [-0.39, 0.29) is 36.3 Å². The summed E-state index contributed by atoms with van der Waals surface area (Å²) >= 11 is 6.18. The molecule has 3 heterocycles. The summed E-state index contributed by atoms with van der Waals surface area (Å²) in [6.45, 7) is 16.3. The first kappa shape index (κ1) is 29.5. The standard InChI is InChI=1S/C27H39ClN5O5PSi/c1-17-20(15-36-39(34)35-11-10-23(37-39)18-8-7-9-19(28)12-18)24(38-40(5,6)27(2,3)4)13-22(17)33-16-31-21-14-30-26(29)32-25(21)33/h7-9,12,16,20,22-24H,1,10-11,13-15H2,2-6H3,(H3,29,30,32)/t20-,22?,23+,24-,39-/m0/s1. The van der Waals surface area contributed by atoms with Crippen LogP contribution in [0.1, 0.15) is 57.0 Å². The number of nitrogens with one attached hydrogen (secondary N) is 1. The monoisotopic (exact) mass is 607 g/mol. The average Bonchev–Trinajstić information content (AvgIpc) is 3.41. The smallest absolute Gasteiger partial charge is 0.413 e. The molecule has 218 valence electrons. The number of nitrogens with two attached hydrogens (primary N) is 1. The number of fused-ring (bicyclic) bond motifs is 1. The fraction of sp³-hybridized carbons (Fsp3) is 0.556. The van der Waals surface area contributed by atoms with Crippen molar-refractivity contribution in [1.82, 2.24) is 9.55 Å². The van der Waals surface area contributed by atoms with Gasteiger partial charge in [-0.25, -0.2) is 14.5 Å². The summed E-state index contributed by atoms with van der Waals surface area (Å²) in [6.07, 6.45) is 2.37. The van der Waals surface area contributed by atoms with Gasteiger partial charge in [-0.2, -0.15) is 0 Å². The van der Waals surface area contributed by atoms with Crippen molar-refractivity contribution >= 4 is 39.5 Å². The summed E-state index contributed by atoms with van der Waals surface area (Å²) < 4.78 is 40.1. The summed E-state index contributed by atoms with van der Waals surface area (Å²) in [5.41, 5.74) is 8.54. The first-order valence-corrected chi connectivity index (χ1v) is 18.3. The number of phosphoric acid groups is 1. The maximum atomic E-state index is 13.6. The molecule has 10 nitrogen and oxygen atoms in total. The number of benzene rings is 1. The number of hydrogen-bond donors (Lipinski definition) is 2. The van der Waals surface area contributed by atoms with Crippen molar-refractivity contribution < 1.29 is 22.6 Å². The quantitative estimate of drug-likeness (QED) is 0.205. The number of anilines is 1. The summed E-state index contributed by atoms with van der Waals surface area (Å²) in [6, 6.07) is 7.23. The van der Waals surface area contributed by atoms with Crippen LogP contribution in [-0.2, 0) is 29.1 Å². The Hall–Kier alpha value is -1.98. The normalized spacial score (nSPS) is 29.1. The van der Waals surface area contributed by atoms with E-state index < -0.39 is 22.2 Å². The Balaban J connectivity index is 1.37. The molecule has 3 N–H and O–H groups in total. The SMILES string of the molecule is C=C1C(n2cnc3c2NC(N)=NC3)C[C@H](O[Si](C)(C)C(C)(C)C)[C@H]1CO[P@]1(=O)OCC[C@H](c2cccc(Cl)c2)O1. The largest absolute Gasteiger partial charge is 0.475 e. The van der Waals surface area contributed by atoms with Crippen LogP contribution in [0, 0.1) is 5.92 Å². The Morgan fingerprint density at radius 3 is 2.85 bits per heavy atom. The fourth-order valence-electron chi connectivity index (χ4n) is 5.11. The lowest BCUT2D eigenvalue weighted by atomic mass is 10.0. The maximum absolute atomic E-state index is 13.6. The molecule has 0 spiro atoms. The first-order chi connectivity index (χ1) is 18.8. The highest BCUT2D eigenvalue weighted by atomic mass is 35.5. The van der Waals surface area contributed by atoms with Crippen LogP contribution < -0.4 is 11.1 Å². The van der Waals surface area contributed by atoms with Gasteiger partial charge in [-0.05, 0) is 47.8 Å². The van der Waals surface area contributed by atoms with Crippen molar-refractivity contribution in [2.45, 2.75) is 76.5 Å². The predicted octanol–water partition coefficient (Wildman–Crippen LogP) is 6.59. The van der Waals surface area contributed by atoms with Crippen molar-refractivity contribution in [3.05, 3.63) is 59.0 Å². The van der Waals surface area contributed by atoms with E-state index in [1.165, 1.54) is 0 Å². The number of imidazole rings is 1. The van der Waals surface area contributed by atoms with Gasteiger partial charge in [0.1, 0.15) is 11.5 Å². The van der Waals surface area contributed by atoms with Crippen LogP contribution in [0.2, 0.25) is 23.2 Å². The number of rotatable bonds is 7. The van der Waals surface area contributed by atoms with E-state index in [1.807, 2.05) is 22.8 Å². The molecule has 1 aromatic carbocycles. The summed E-state index contributed by atoms with van der Waals surface area (Å²) in [5, 5.41) is 3.75. The molecule has 0 amide bonds. The Morgan fingerprint density at radius 2 is 2.12 bits per heavy atom. The fourth-order valence-corrected chi connectivity index (χ4v) is 8.08. The molecule has 1 aromatic heterocycles. The van der Waals surface area contributed by atoms with Gasteiger partial charge in [-0.3, -0.25) is 13.6 Å². The zero-order chi connectivity index (χ0) is 28.9. The number of aliphatic imine (C=N–C) groups is 1. The van der Waals surface area contributed by atoms with Gasteiger partial charge in [0, 0.05) is 17.4 Å². The van der Waals surface area contributed by atoms with E-state index in [0.717, 1.165) is 22.6 Å². The Morgan fingerprint density at radius 1 is 1.35 bits per heavy atom. The number of halogens is 1. The lowest BCUT2D eigenvalue weighted by molar-refractivity contribution is 0.0176. The molecule has 5 atom stereocenters. The van der Waals surface area contributed by atoms with Crippen molar-refractivity contribution in [2.75, 3.05) is 18.5 Å². The van der Waals surface area contributed by atoms with Crippen molar-refractivity contribution in [3.63, 3.8) is 0 Å². The van der Waals surface area contributed by atoms with Crippen LogP contribution in [0.3, 0.4) is 0 Å². The zero-order valence-electron chi connectivity index (χ0n) is 23.7. The topological polar surface area (TPSA) is 122 Å². The summed E-state index contributed by atoms with van der Waals surface area (Å²) in [5.74, 6) is 0.921. The van der Waals surface area contributed by atoms with E-state index in [1.54, 1.807) is 12.4 Å². The lowest BCUT2D eigenvalue weighted by Crippen LogP contribution is -2.45. The van der Waals surface area contributed by atoms with Crippen molar-refractivity contribution in [1.29, 1.82) is 0 Å². The molecular weight excluding hydrogens is 569 g/mol. The Kier molecular flexibility index (Phi) is 8.13. The van der Waals surface area contributed by atoms with Crippen LogP contribution >= 0.6 is 19.4 Å². The van der Waals surface area contributed by atoms with Gasteiger partial charge >= 0.3 is 7.82 Å². The molecule has 0 radical (unpaired) electrons. The second-order valence-electron chi connectivity index (χ2n) is 12.1. The molecule has 0 bridgehead atoms. The van der Waals surface area contributed by atoms with E-state index in [9.17, 15) is 4.57 Å². The number of hydrogen-bond acceptors (Lipinski definition) is 9. The highest BCUT2D eigenvalue weighted by Crippen LogP contribution is 2.58. The van der Waals surface area contributed by atoms with Gasteiger partial charge in [0.25, 0.3) is 0 Å². The molecule has 1 unspecified atom stereocenters. The third-order valence-corrected chi connectivity index (χ3v) is 14.6. The van der Waals surface area contributed by atoms with E-state index in [2.05, 4.69) is 55.7 Å². The zero-order valence-corrected chi connectivity index (χ0v) is 26.4. The molecule has 5 rings (SSSR count). The predicted molar refractivity (Wildman–Crippen MR) is 159 cm³/mol. The molecule has 1 aliphatic carbocycles. The minimum atomic E-state index is -3.84. The van der Waals surface area contributed by atoms with E-state index in [0.29, 0.717) is 30.4 Å². The van der Waals surface area contributed by atoms with Crippen molar-refractivity contribution in [2.24, 2.45) is 16.6 Å². The van der Waals surface area contributed by atoms with Crippen LogP contribution in [0.25, 0.3) is 0 Å². The molecular formula is C27H39ClN5O5PSi. The third-order valence-electron chi connectivity index (χ3n) is 8.43. The highest BCUT2D eigenvalue weighted by Gasteiger charge is 2.48. The van der Waals surface area contributed by atoms with Gasteiger partial charge in [0.15, 0.2) is 14.3 Å². The molecule has 1 saturated carbocycles. The molecule has 13 heteroatoms. The number of guanidine groups is 1. The number of nitrogens with zero attached hydrogens (tertiary/aromatic N) is 3. The molecule has 40 heavy (non-hydrogen) atoms. The van der Waals surface area contributed by atoms with Crippen molar-refractivity contribution in [3.8, 4) is 0 Å². The average molecular weight is 608 g/mol. The summed E-state index contributed by atoms with van der Waals surface area (Å²) in [4.78, 5) is 8.78. The molecule has 1 saturated heterocycles. The number of aromatic nitrogens is 2. The minimum Gasteiger partial charge on any atom is -0.413 e. The second kappa shape index (κ2) is 11.0. The second-order valence-corrected chi connectivity index (χ2v) is 19.0. The maximum Gasteiger partial charge on any atom is 0.475 e. The van der Waals surface area contributed by atoms with Gasteiger partial charge in [-0.15, -0.1) is 0 Å². The van der Waals surface area contributed by atoms with Crippen LogP contribution in [0.4, 0.5) is 5.82 Å². The molecule has 2 aliphatic heterocycles. The molecule has 3 aliphatic rings. The highest BCUT2D eigenvalue weighted by molar-refractivity contribution is 7.48. The Bertz CT molecular complexity index is 1360. The molecule has 2 aromatic rings. The van der Waals surface area contributed by atoms with Crippen LogP contribution in [0.5, 0.6) is 0 Å². The van der Waals surface area contributed by atoms with Gasteiger partial charge in [0.05, 0.1) is 44.3 Å². The first-order valence-electron chi connectivity index (χ1n) is 13.6. The Labute approximate surface area is 242 Å². The van der Waals surface area contributed by atoms with Gasteiger partial charge in [0.2, 0.25) is 0 Å². The van der Waals surface area contributed by atoms with Crippen LogP contribution in [0.15, 0.2) is 47.7 Å². The van der Waals surface area contributed by atoms with Crippen LogP contribution in [-0.4, -0.2) is 43.1 Å². The van der Waals surface area contributed by atoms with E-state index >= 15 is 0 Å². The number of phosphoric ester groups is 1. The van der Waals surface area contributed by atoms with Gasteiger partial charge in [-0.1, -0.05) is 51.1 Å². The minimum absolute atomic E-state index is 0.00496. The van der Waals surface area contributed by atoms with E-state index in [4.69, 9.17) is 35.3 Å². The molecule has 2 fully saturated rings.